The van der Waals surface area contributed by atoms with Crippen molar-refractivity contribution in [1.29, 1.82) is 0 Å². The number of H-pyrrole nitrogens is 1. The highest BCUT2D eigenvalue weighted by Gasteiger charge is 2.32. The molecule has 0 saturated carbocycles. The first-order valence-corrected chi connectivity index (χ1v) is 12.6. The molecule has 1 heterocycles. The molecule has 0 radical (unpaired) electrons. The second-order valence-electron chi connectivity index (χ2n) is 10.3. The fourth-order valence-corrected chi connectivity index (χ4v) is 4.82. The Balaban J connectivity index is 1.61. The zero-order valence-corrected chi connectivity index (χ0v) is 21.3. The largest absolute Gasteiger partial charge is 0.444 e. The molecule has 1 aliphatic rings. The number of aryl methyl sites for hydroxylation is 1. The lowest BCUT2D eigenvalue weighted by molar-refractivity contribution is -0.114. The van der Waals surface area contributed by atoms with E-state index in [1.807, 2.05) is 63.1 Å². The van der Waals surface area contributed by atoms with Crippen molar-refractivity contribution in [2.45, 2.75) is 71.4 Å². The molecule has 5 nitrogen and oxygen atoms in total. The monoisotopic (exact) mass is 472 g/mol. The van der Waals surface area contributed by atoms with Crippen molar-refractivity contribution in [3.05, 3.63) is 77.0 Å². The molecule has 35 heavy (non-hydrogen) atoms. The van der Waals surface area contributed by atoms with E-state index in [1.54, 1.807) is 6.08 Å². The van der Waals surface area contributed by atoms with Crippen molar-refractivity contribution in [1.82, 2.24) is 9.88 Å². The zero-order valence-electron chi connectivity index (χ0n) is 21.3. The van der Waals surface area contributed by atoms with Gasteiger partial charge in [-0.25, -0.2) is 4.79 Å². The number of ether oxygens (including phenoxy) is 1. The Bertz CT molecular complexity index is 1230. The van der Waals surface area contributed by atoms with Gasteiger partial charge in [0.2, 0.25) is 0 Å². The van der Waals surface area contributed by atoms with E-state index in [4.69, 9.17) is 4.74 Å². The summed E-state index contributed by atoms with van der Waals surface area (Å²) in [5.74, 6) is 0.119. The second-order valence-corrected chi connectivity index (χ2v) is 10.3. The summed E-state index contributed by atoms with van der Waals surface area (Å²) in [6.07, 6.45) is 9.44. The van der Waals surface area contributed by atoms with Crippen LogP contribution in [0.4, 0.5) is 4.79 Å². The summed E-state index contributed by atoms with van der Waals surface area (Å²) in [4.78, 5) is 30.4. The molecule has 2 aromatic carbocycles. The molecule has 0 spiro atoms. The van der Waals surface area contributed by atoms with Crippen molar-refractivity contribution >= 4 is 28.9 Å². The number of aromatic nitrogens is 1. The summed E-state index contributed by atoms with van der Waals surface area (Å²) in [6.45, 7) is 8.18. The molecule has 0 saturated heterocycles. The summed E-state index contributed by atoms with van der Waals surface area (Å²) in [6, 6.07) is 14.6. The molecular formula is C30H36N2O3. The molecule has 1 amide bonds. The molecule has 1 aliphatic carbocycles. The van der Waals surface area contributed by atoms with E-state index >= 15 is 0 Å². The van der Waals surface area contributed by atoms with E-state index < -0.39 is 5.60 Å². The van der Waals surface area contributed by atoms with Gasteiger partial charge >= 0.3 is 6.09 Å². The average molecular weight is 473 g/mol. The first-order chi connectivity index (χ1) is 16.7. The SMILES string of the molecule is CCC(=O)/C=C/c1ccc2c(c1)CCCC2N(CCc1c[nH]c2ccccc12)C(=O)OC(C)(C)C. The van der Waals surface area contributed by atoms with Crippen LogP contribution in [0.3, 0.4) is 0 Å². The Morgan fingerprint density at radius 2 is 1.97 bits per heavy atom. The van der Waals surface area contributed by atoms with Crippen molar-refractivity contribution in [2.24, 2.45) is 0 Å². The third-order valence-corrected chi connectivity index (χ3v) is 6.56. The van der Waals surface area contributed by atoms with Crippen molar-refractivity contribution in [3.63, 3.8) is 0 Å². The Kier molecular flexibility index (Phi) is 7.44. The molecule has 184 valence electrons. The van der Waals surface area contributed by atoms with Crippen LogP contribution in [0.1, 0.15) is 75.3 Å². The van der Waals surface area contributed by atoms with Crippen molar-refractivity contribution in [3.8, 4) is 0 Å². The van der Waals surface area contributed by atoms with E-state index in [2.05, 4.69) is 29.2 Å². The predicted molar refractivity (Wildman–Crippen MR) is 141 cm³/mol. The molecule has 0 bridgehead atoms. The van der Waals surface area contributed by atoms with E-state index in [1.165, 1.54) is 22.1 Å². The minimum atomic E-state index is -0.561. The predicted octanol–water partition coefficient (Wildman–Crippen LogP) is 7.02. The van der Waals surface area contributed by atoms with Crippen molar-refractivity contribution < 1.29 is 14.3 Å². The average Bonchev–Trinajstić information content (AvgIpc) is 3.24. The van der Waals surface area contributed by atoms with Crippen LogP contribution in [0.5, 0.6) is 0 Å². The van der Waals surface area contributed by atoms with Gasteiger partial charge in [-0.05, 0) is 80.9 Å². The molecular weight excluding hydrogens is 436 g/mol. The number of amides is 1. The molecule has 5 heteroatoms. The lowest BCUT2D eigenvalue weighted by Crippen LogP contribution is -2.41. The van der Waals surface area contributed by atoms with Gasteiger partial charge in [-0.1, -0.05) is 49.4 Å². The normalized spacial score (nSPS) is 15.8. The smallest absolute Gasteiger partial charge is 0.410 e. The topological polar surface area (TPSA) is 62.4 Å². The summed E-state index contributed by atoms with van der Waals surface area (Å²) >= 11 is 0. The first kappa shape index (κ1) is 24.8. The number of nitrogens with zero attached hydrogens (tertiary/aromatic N) is 1. The highest BCUT2D eigenvalue weighted by molar-refractivity contribution is 5.93. The molecule has 0 fully saturated rings. The number of allylic oxidation sites excluding steroid dienone is 1. The van der Waals surface area contributed by atoms with Gasteiger partial charge in [-0.3, -0.25) is 4.79 Å². The number of hydrogen-bond acceptors (Lipinski definition) is 3. The highest BCUT2D eigenvalue weighted by atomic mass is 16.6. The Labute approximate surface area is 208 Å². The van der Waals surface area contributed by atoms with Crippen LogP contribution in [0.2, 0.25) is 0 Å². The minimum absolute atomic E-state index is 0.0332. The Morgan fingerprint density at radius 3 is 2.74 bits per heavy atom. The molecule has 1 atom stereocenters. The quantitative estimate of drug-likeness (QED) is 0.376. The van der Waals surface area contributed by atoms with Gasteiger partial charge in [0.25, 0.3) is 0 Å². The number of aromatic amines is 1. The molecule has 1 N–H and O–H groups in total. The standard InChI is InChI=1S/C30H36N2O3/c1-5-24(33)15-13-21-14-16-26-22(19-21)9-8-12-28(26)32(29(34)35-30(2,3)4)18-17-23-20-31-27-11-7-6-10-25(23)27/h6-7,10-11,13-16,19-20,28,31H,5,8-9,12,17-18H2,1-4H3/b15-13+. The molecule has 0 aliphatic heterocycles. The van der Waals surface area contributed by atoms with Crippen LogP contribution < -0.4 is 0 Å². The van der Waals surface area contributed by atoms with Gasteiger partial charge in [0.05, 0.1) is 6.04 Å². The van der Waals surface area contributed by atoms with Crippen LogP contribution in [0, 0.1) is 0 Å². The molecule has 1 aromatic heterocycles. The summed E-state index contributed by atoms with van der Waals surface area (Å²) in [7, 11) is 0. The number of carbonyl (C=O) groups excluding carboxylic acids is 2. The Morgan fingerprint density at radius 1 is 1.17 bits per heavy atom. The maximum atomic E-state index is 13.4. The summed E-state index contributed by atoms with van der Waals surface area (Å²) in [5, 5.41) is 1.19. The summed E-state index contributed by atoms with van der Waals surface area (Å²) < 4.78 is 5.86. The van der Waals surface area contributed by atoms with E-state index in [9.17, 15) is 9.59 Å². The van der Waals surface area contributed by atoms with Gasteiger partial charge in [0.1, 0.15) is 5.60 Å². The summed E-state index contributed by atoms with van der Waals surface area (Å²) in [5.41, 5.74) is 5.19. The highest BCUT2D eigenvalue weighted by Crippen LogP contribution is 2.36. The van der Waals surface area contributed by atoms with Crippen LogP contribution in [0.15, 0.2) is 54.7 Å². The van der Waals surface area contributed by atoms with Gasteiger partial charge in [-0.2, -0.15) is 0 Å². The Hall–Kier alpha value is -3.34. The number of nitrogens with one attached hydrogen (secondary N) is 1. The molecule has 3 aromatic rings. The lowest BCUT2D eigenvalue weighted by Gasteiger charge is -2.37. The van der Waals surface area contributed by atoms with Crippen LogP contribution >= 0.6 is 0 Å². The fourth-order valence-electron chi connectivity index (χ4n) is 4.82. The fraction of sp³-hybridized carbons (Fsp3) is 0.400. The third-order valence-electron chi connectivity index (χ3n) is 6.56. The van der Waals surface area contributed by atoms with Gasteiger partial charge in [0.15, 0.2) is 5.78 Å². The third kappa shape index (κ3) is 6.02. The number of ketones is 1. The number of hydrogen-bond donors (Lipinski definition) is 1. The number of para-hydroxylation sites is 1. The van der Waals surface area contributed by atoms with E-state index in [0.29, 0.717) is 13.0 Å². The van der Waals surface area contributed by atoms with E-state index in [0.717, 1.165) is 36.8 Å². The van der Waals surface area contributed by atoms with Crippen LogP contribution in [-0.2, 0) is 22.4 Å². The van der Waals surface area contributed by atoms with Gasteiger partial charge < -0.3 is 14.6 Å². The zero-order chi connectivity index (χ0) is 25.0. The van der Waals surface area contributed by atoms with Crippen LogP contribution in [0.25, 0.3) is 17.0 Å². The van der Waals surface area contributed by atoms with Crippen molar-refractivity contribution in [2.75, 3.05) is 6.54 Å². The number of rotatable bonds is 7. The maximum absolute atomic E-state index is 13.4. The molecule has 4 rings (SSSR count). The van der Waals surface area contributed by atoms with Gasteiger partial charge in [0, 0.05) is 30.1 Å². The maximum Gasteiger partial charge on any atom is 0.410 e. The van der Waals surface area contributed by atoms with E-state index in [-0.39, 0.29) is 17.9 Å². The first-order valence-electron chi connectivity index (χ1n) is 12.6. The molecule has 1 unspecified atom stereocenters. The number of fused-ring (bicyclic) bond motifs is 2. The second kappa shape index (κ2) is 10.5. The number of carbonyl (C=O) groups is 2. The van der Waals surface area contributed by atoms with Crippen LogP contribution in [-0.4, -0.2) is 33.9 Å². The lowest BCUT2D eigenvalue weighted by atomic mass is 9.85. The number of benzene rings is 2. The minimum Gasteiger partial charge on any atom is -0.444 e. The van der Waals surface area contributed by atoms with Gasteiger partial charge in [-0.15, -0.1) is 0 Å².